The largest absolute Gasteiger partial charge is 0.330 e. The Morgan fingerprint density at radius 2 is 2.06 bits per heavy atom. The van der Waals surface area contributed by atoms with Crippen molar-refractivity contribution in [3.63, 3.8) is 0 Å². The highest BCUT2D eigenvalue weighted by Gasteiger charge is 2.33. The molecule has 0 aromatic heterocycles. The van der Waals surface area contributed by atoms with E-state index in [1.165, 1.54) is 37.9 Å². The monoisotopic (exact) mass is 242 g/mol. The predicted octanol–water partition coefficient (Wildman–Crippen LogP) is 2.33. The molecule has 16 heavy (non-hydrogen) atoms. The molecule has 0 spiro atoms. The minimum atomic E-state index is 0.750. The third-order valence-electron chi connectivity index (χ3n) is 4.45. The highest BCUT2D eigenvalue weighted by atomic mass is 32.2. The van der Waals surface area contributed by atoms with Gasteiger partial charge in [-0.05, 0) is 38.8 Å². The van der Waals surface area contributed by atoms with E-state index < -0.39 is 0 Å². The van der Waals surface area contributed by atoms with Gasteiger partial charge in [-0.3, -0.25) is 4.90 Å². The third kappa shape index (κ3) is 2.74. The van der Waals surface area contributed by atoms with E-state index in [1.54, 1.807) is 0 Å². The van der Waals surface area contributed by atoms with Crippen LogP contribution >= 0.6 is 11.8 Å². The number of thioether (sulfide) groups is 1. The SMILES string of the molecule is CC1CC(N(C)C2CCCCC2CN)CS1. The Morgan fingerprint density at radius 3 is 2.69 bits per heavy atom. The Kier molecular flexibility index (Phi) is 4.57. The maximum Gasteiger partial charge on any atom is 0.0196 e. The molecule has 3 heteroatoms. The molecule has 2 rings (SSSR count). The van der Waals surface area contributed by atoms with E-state index in [2.05, 4.69) is 30.6 Å². The number of hydrogen-bond donors (Lipinski definition) is 1. The Bertz CT molecular complexity index is 222. The lowest BCUT2D eigenvalue weighted by Gasteiger charge is -2.40. The smallest absolute Gasteiger partial charge is 0.0196 e. The fourth-order valence-corrected chi connectivity index (χ4v) is 4.63. The minimum absolute atomic E-state index is 0.750. The molecule has 1 saturated heterocycles. The van der Waals surface area contributed by atoms with Crippen LogP contribution in [0.4, 0.5) is 0 Å². The maximum atomic E-state index is 5.93. The molecular formula is C13H26N2S. The first-order chi connectivity index (χ1) is 7.72. The lowest BCUT2D eigenvalue weighted by Crippen LogP contribution is -2.48. The zero-order valence-electron chi connectivity index (χ0n) is 10.7. The van der Waals surface area contributed by atoms with Crippen molar-refractivity contribution >= 4 is 11.8 Å². The second-order valence-electron chi connectivity index (χ2n) is 5.55. The summed E-state index contributed by atoms with van der Waals surface area (Å²) in [5.41, 5.74) is 5.93. The molecule has 0 bridgehead atoms. The van der Waals surface area contributed by atoms with Crippen LogP contribution in [0.3, 0.4) is 0 Å². The van der Waals surface area contributed by atoms with Gasteiger partial charge < -0.3 is 5.73 Å². The lowest BCUT2D eigenvalue weighted by molar-refractivity contribution is 0.0999. The number of rotatable bonds is 3. The summed E-state index contributed by atoms with van der Waals surface area (Å²) in [6.07, 6.45) is 6.88. The molecule has 2 nitrogen and oxygen atoms in total. The van der Waals surface area contributed by atoms with Crippen LogP contribution in [0.5, 0.6) is 0 Å². The summed E-state index contributed by atoms with van der Waals surface area (Å²) < 4.78 is 0. The average Bonchev–Trinajstić information content (AvgIpc) is 2.75. The second-order valence-corrected chi connectivity index (χ2v) is 7.02. The van der Waals surface area contributed by atoms with E-state index in [4.69, 9.17) is 5.73 Å². The minimum Gasteiger partial charge on any atom is -0.330 e. The van der Waals surface area contributed by atoms with Gasteiger partial charge in [0.2, 0.25) is 0 Å². The molecule has 0 aromatic carbocycles. The summed E-state index contributed by atoms with van der Waals surface area (Å²) in [6.45, 7) is 3.24. The van der Waals surface area contributed by atoms with Gasteiger partial charge >= 0.3 is 0 Å². The molecule has 2 N–H and O–H groups in total. The van der Waals surface area contributed by atoms with Gasteiger partial charge in [0.1, 0.15) is 0 Å². The maximum absolute atomic E-state index is 5.93. The van der Waals surface area contributed by atoms with Gasteiger partial charge in [-0.15, -0.1) is 0 Å². The summed E-state index contributed by atoms with van der Waals surface area (Å²) in [4.78, 5) is 2.66. The van der Waals surface area contributed by atoms with Crippen molar-refractivity contribution in [1.29, 1.82) is 0 Å². The van der Waals surface area contributed by atoms with Gasteiger partial charge in [0.15, 0.2) is 0 Å². The number of nitrogens with zero attached hydrogens (tertiary/aromatic N) is 1. The first-order valence-corrected chi connectivity index (χ1v) is 7.81. The Labute approximate surface area is 104 Å². The first kappa shape index (κ1) is 12.7. The summed E-state index contributed by atoms with van der Waals surface area (Å²) in [6, 6.07) is 1.56. The van der Waals surface area contributed by atoms with Crippen LogP contribution in [0, 0.1) is 5.92 Å². The molecule has 2 fully saturated rings. The molecule has 1 saturated carbocycles. The summed E-state index contributed by atoms with van der Waals surface area (Å²) in [7, 11) is 2.34. The lowest BCUT2D eigenvalue weighted by atomic mass is 9.83. The van der Waals surface area contributed by atoms with Crippen LogP contribution in [0.2, 0.25) is 0 Å². The summed E-state index contributed by atoms with van der Waals surface area (Å²) >= 11 is 2.13. The Balaban J connectivity index is 1.93. The van der Waals surface area contributed by atoms with E-state index in [1.807, 2.05) is 0 Å². The van der Waals surface area contributed by atoms with Crippen molar-refractivity contribution in [2.24, 2.45) is 11.7 Å². The van der Waals surface area contributed by atoms with Crippen LogP contribution in [0.25, 0.3) is 0 Å². The fourth-order valence-electron chi connectivity index (χ4n) is 3.35. The second kappa shape index (κ2) is 5.74. The molecule has 2 aliphatic rings. The Morgan fingerprint density at radius 1 is 1.31 bits per heavy atom. The molecule has 0 amide bonds. The normalized spacial score (nSPS) is 40.5. The van der Waals surface area contributed by atoms with Gasteiger partial charge in [-0.25, -0.2) is 0 Å². The highest BCUT2D eigenvalue weighted by molar-refractivity contribution is 8.00. The van der Waals surface area contributed by atoms with Crippen molar-refractivity contribution in [3.05, 3.63) is 0 Å². The van der Waals surface area contributed by atoms with Crippen LogP contribution < -0.4 is 5.73 Å². The number of hydrogen-bond acceptors (Lipinski definition) is 3. The zero-order valence-corrected chi connectivity index (χ0v) is 11.5. The van der Waals surface area contributed by atoms with E-state index in [-0.39, 0.29) is 0 Å². The molecule has 4 unspecified atom stereocenters. The van der Waals surface area contributed by atoms with Gasteiger partial charge in [0, 0.05) is 23.1 Å². The van der Waals surface area contributed by atoms with Gasteiger partial charge in [-0.2, -0.15) is 11.8 Å². The van der Waals surface area contributed by atoms with Crippen molar-refractivity contribution in [2.75, 3.05) is 19.3 Å². The Hall–Kier alpha value is 0.270. The summed E-state index contributed by atoms with van der Waals surface area (Å²) in [5, 5.41) is 0.854. The van der Waals surface area contributed by atoms with Crippen LogP contribution in [0.15, 0.2) is 0 Å². The fraction of sp³-hybridized carbons (Fsp3) is 1.00. The van der Waals surface area contributed by atoms with Crippen LogP contribution in [0.1, 0.15) is 39.0 Å². The van der Waals surface area contributed by atoms with Gasteiger partial charge in [0.25, 0.3) is 0 Å². The first-order valence-electron chi connectivity index (χ1n) is 6.76. The molecule has 1 aliphatic heterocycles. The van der Waals surface area contributed by atoms with Crippen molar-refractivity contribution in [2.45, 2.75) is 56.4 Å². The van der Waals surface area contributed by atoms with Gasteiger partial charge in [-0.1, -0.05) is 19.8 Å². The average molecular weight is 242 g/mol. The zero-order chi connectivity index (χ0) is 11.5. The molecule has 0 radical (unpaired) electrons. The van der Waals surface area contributed by atoms with E-state index in [0.717, 1.165) is 29.8 Å². The highest BCUT2D eigenvalue weighted by Crippen LogP contribution is 2.34. The molecule has 1 heterocycles. The van der Waals surface area contributed by atoms with Crippen molar-refractivity contribution < 1.29 is 0 Å². The molecule has 0 aromatic rings. The molecule has 1 aliphatic carbocycles. The third-order valence-corrected chi connectivity index (χ3v) is 5.79. The quantitative estimate of drug-likeness (QED) is 0.823. The topological polar surface area (TPSA) is 29.3 Å². The molecule has 4 atom stereocenters. The van der Waals surface area contributed by atoms with Crippen LogP contribution in [-0.2, 0) is 0 Å². The van der Waals surface area contributed by atoms with Crippen molar-refractivity contribution in [3.8, 4) is 0 Å². The van der Waals surface area contributed by atoms with Gasteiger partial charge in [0.05, 0.1) is 0 Å². The van der Waals surface area contributed by atoms with E-state index >= 15 is 0 Å². The standard InChI is InChI=1S/C13H26N2S/c1-10-7-12(9-16-10)15(2)13-6-4-3-5-11(13)8-14/h10-13H,3-9,14H2,1-2H3. The van der Waals surface area contributed by atoms with Crippen LogP contribution in [-0.4, -0.2) is 41.6 Å². The predicted molar refractivity (Wildman–Crippen MR) is 72.9 cm³/mol. The van der Waals surface area contributed by atoms with E-state index in [9.17, 15) is 0 Å². The number of nitrogens with two attached hydrogens (primary N) is 1. The summed E-state index contributed by atoms with van der Waals surface area (Å²) in [5.74, 6) is 2.07. The molecule has 94 valence electrons. The van der Waals surface area contributed by atoms with E-state index in [0.29, 0.717) is 0 Å². The molecular weight excluding hydrogens is 216 g/mol. The van der Waals surface area contributed by atoms with Crippen molar-refractivity contribution in [1.82, 2.24) is 4.90 Å².